The Balaban J connectivity index is 2.91. The number of carbonyl (C=O) groups is 1. The Morgan fingerprint density at radius 1 is 1.38 bits per heavy atom. The second-order valence-corrected chi connectivity index (χ2v) is 4.95. The Bertz CT molecular complexity index is 508. The van der Waals surface area contributed by atoms with E-state index < -0.39 is 29.5 Å². The van der Waals surface area contributed by atoms with Crippen molar-refractivity contribution in [1.29, 1.82) is 0 Å². The summed E-state index contributed by atoms with van der Waals surface area (Å²) in [7, 11) is 0. The van der Waals surface area contributed by atoms with Crippen molar-refractivity contribution < 1.29 is 28.2 Å². The van der Waals surface area contributed by atoms with Gasteiger partial charge in [0, 0.05) is 18.5 Å². The number of aliphatic hydroxyl groups is 2. The number of nitrogens with one attached hydrogen (secondary N) is 1. The van der Waals surface area contributed by atoms with E-state index in [1.165, 1.54) is 13.0 Å². The first kappa shape index (κ1) is 17.7. The Hall–Kier alpha value is -1.31. The molecule has 1 aromatic carbocycles. The highest BCUT2D eigenvalue weighted by molar-refractivity contribution is 6.30. The average Bonchev–Trinajstić information content (AvgIpc) is 2.36. The molecule has 0 heterocycles. The number of halogens is 4. The second-order valence-electron chi connectivity index (χ2n) is 4.51. The summed E-state index contributed by atoms with van der Waals surface area (Å²) in [5.74, 6) is -0.334. The van der Waals surface area contributed by atoms with Crippen LogP contribution >= 0.6 is 11.6 Å². The Kier molecular flexibility index (Phi) is 6.00. The third-order valence-electron chi connectivity index (χ3n) is 2.82. The monoisotopic (exact) mass is 325 g/mol. The van der Waals surface area contributed by atoms with E-state index in [0.717, 1.165) is 6.07 Å². The van der Waals surface area contributed by atoms with Gasteiger partial charge in [-0.2, -0.15) is 13.2 Å². The van der Waals surface area contributed by atoms with Gasteiger partial charge in [0.15, 0.2) is 0 Å². The van der Waals surface area contributed by atoms with Crippen LogP contribution in [0.15, 0.2) is 18.2 Å². The fourth-order valence-corrected chi connectivity index (χ4v) is 1.97. The normalized spacial score (nSPS) is 14.6. The first-order chi connectivity index (χ1) is 9.62. The van der Waals surface area contributed by atoms with Gasteiger partial charge in [0.05, 0.1) is 11.7 Å². The van der Waals surface area contributed by atoms with Crippen molar-refractivity contribution in [2.45, 2.75) is 31.7 Å². The van der Waals surface area contributed by atoms with Gasteiger partial charge >= 0.3 is 6.18 Å². The first-order valence-corrected chi connectivity index (χ1v) is 6.48. The standard InChI is InChI=1S/C13H15ClF3NO3/c1-7(19)18-5-4-11(20)12(21)9-3-2-8(14)6-10(9)13(15,16)17/h2-3,6,11-12,20-21H,4-5H2,1H3,(H,18,19). The lowest BCUT2D eigenvalue weighted by Crippen LogP contribution is -2.28. The zero-order chi connectivity index (χ0) is 16.2. The Morgan fingerprint density at radius 3 is 2.52 bits per heavy atom. The molecule has 0 saturated heterocycles. The topological polar surface area (TPSA) is 69.6 Å². The minimum atomic E-state index is -4.70. The molecular formula is C13H15ClF3NO3. The lowest BCUT2D eigenvalue weighted by Gasteiger charge is -2.22. The van der Waals surface area contributed by atoms with Gasteiger partial charge in [-0.15, -0.1) is 0 Å². The summed E-state index contributed by atoms with van der Waals surface area (Å²) in [5.41, 5.74) is -1.55. The predicted octanol–water partition coefficient (Wildman–Crippen LogP) is 2.28. The molecule has 1 aromatic rings. The van der Waals surface area contributed by atoms with E-state index in [9.17, 15) is 28.2 Å². The molecule has 0 saturated carbocycles. The summed E-state index contributed by atoms with van der Waals surface area (Å²) >= 11 is 5.53. The molecule has 1 amide bonds. The van der Waals surface area contributed by atoms with Crippen molar-refractivity contribution in [2.24, 2.45) is 0 Å². The number of benzene rings is 1. The molecule has 0 aliphatic carbocycles. The van der Waals surface area contributed by atoms with Gasteiger partial charge in [0.25, 0.3) is 0 Å². The van der Waals surface area contributed by atoms with E-state index in [0.29, 0.717) is 6.07 Å². The molecule has 2 unspecified atom stereocenters. The number of carbonyl (C=O) groups excluding carboxylic acids is 1. The molecule has 21 heavy (non-hydrogen) atoms. The highest BCUT2D eigenvalue weighted by Crippen LogP contribution is 2.37. The maximum Gasteiger partial charge on any atom is 0.416 e. The van der Waals surface area contributed by atoms with Gasteiger partial charge < -0.3 is 15.5 Å². The number of rotatable bonds is 5. The highest BCUT2D eigenvalue weighted by Gasteiger charge is 2.36. The van der Waals surface area contributed by atoms with Crippen LogP contribution in [0.3, 0.4) is 0 Å². The zero-order valence-electron chi connectivity index (χ0n) is 11.1. The fourth-order valence-electron chi connectivity index (χ4n) is 1.79. The Morgan fingerprint density at radius 2 is 2.00 bits per heavy atom. The largest absolute Gasteiger partial charge is 0.416 e. The first-order valence-electron chi connectivity index (χ1n) is 6.10. The molecule has 118 valence electrons. The van der Waals surface area contributed by atoms with Gasteiger partial charge in [0.1, 0.15) is 6.10 Å². The molecule has 0 spiro atoms. The number of alkyl halides is 3. The van der Waals surface area contributed by atoms with Crippen LogP contribution in [0.1, 0.15) is 30.6 Å². The molecule has 0 aromatic heterocycles. The molecule has 0 radical (unpaired) electrons. The van der Waals surface area contributed by atoms with Gasteiger partial charge in [-0.3, -0.25) is 4.79 Å². The van der Waals surface area contributed by atoms with Crippen LogP contribution in [0.4, 0.5) is 13.2 Å². The van der Waals surface area contributed by atoms with Gasteiger partial charge in [-0.05, 0) is 24.1 Å². The average molecular weight is 326 g/mol. The molecule has 2 atom stereocenters. The summed E-state index contributed by atoms with van der Waals surface area (Å²) in [4.78, 5) is 10.7. The minimum absolute atomic E-state index is 0.0441. The van der Waals surface area contributed by atoms with Crippen LogP contribution in [0.2, 0.25) is 5.02 Å². The SMILES string of the molecule is CC(=O)NCCC(O)C(O)c1ccc(Cl)cc1C(F)(F)F. The van der Waals surface area contributed by atoms with E-state index in [4.69, 9.17) is 11.6 Å². The molecule has 0 bridgehead atoms. The van der Waals surface area contributed by atoms with Crippen molar-refractivity contribution in [2.75, 3.05) is 6.54 Å². The highest BCUT2D eigenvalue weighted by atomic mass is 35.5. The number of hydrogen-bond donors (Lipinski definition) is 3. The third kappa shape index (κ3) is 5.18. The maximum absolute atomic E-state index is 12.9. The van der Waals surface area contributed by atoms with Crippen molar-refractivity contribution in [1.82, 2.24) is 5.32 Å². The Labute approximate surface area is 124 Å². The second kappa shape index (κ2) is 7.11. The van der Waals surface area contributed by atoms with Gasteiger partial charge in [-0.25, -0.2) is 0 Å². The summed E-state index contributed by atoms with van der Waals surface area (Å²) in [6, 6.07) is 2.92. The lowest BCUT2D eigenvalue weighted by atomic mass is 9.96. The van der Waals surface area contributed by atoms with E-state index in [-0.39, 0.29) is 23.9 Å². The maximum atomic E-state index is 12.9. The van der Waals surface area contributed by atoms with E-state index in [2.05, 4.69) is 5.32 Å². The molecule has 3 N–H and O–H groups in total. The molecule has 0 aliphatic rings. The van der Waals surface area contributed by atoms with Crippen molar-refractivity contribution in [3.63, 3.8) is 0 Å². The van der Waals surface area contributed by atoms with Crippen LogP contribution in [0.5, 0.6) is 0 Å². The quantitative estimate of drug-likeness (QED) is 0.778. The van der Waals surface area contributed by atoms with Crippen LogP contribution in [0.25, 0.3) is 0 Å². The zero-order valence-corrected chi connectivity index (χ0v) is 11.9. The van der Waals surface area contributed by atoms with Gasteiger partial charge in [0.2, 0.25) is 5.91 Å². The predicted molar refractivity (Wildman–Crippen MR) is 70.7 cm³/mol. The van der Waals surface area contributed by atoms with Crippen molar-refractivity contribution >= 4 is 17.5 Å². The van der Waals surface area contributed by atoms with E-state index >= 15 is 0 Å². The van der Waals surface area contributed by atoms with E-state index in [1.54, 1.807) is 0 Å². The molecule has 0 aliphatic heterocycles. The molecule has 8 heteroatoms. The lowest BCUT2D eigenvalue weighted by molar-refractivity contribution is -0.140. The molecular weight excluding hydrogens is 311 g/mol. The van der Waals surface area contributed by atoms with Crippen molar-refractivity contribution in [3.8, 4) is 0 Å². The molecule has 4 nitrogen and oxygen atoms in total. The number of hydrogen-bond acceptors (Lipinski definition) is 3. The molecule has 0 fully saturated rings. The van der Waals surface area contributed by atoms with Gasteiger partial charge in [-0.1, -0.05) is 17.7 Å². The number of amides is 1. The smallest absolute Gasteiger partial charge is 0.390 e. The summed E-state index contributed by atoms with van der Waals surface area (Å²) in [6.07, 6.45) is -7.95. The summed E-state index contributed by atoms with van der Waals surface area (Å²) in [6.45, 7) is 1.31. The van der Waals surface area contributed by atoms with E-state index in [1.807, 2.05) is 0 Å². The molecule has 1 rings (SSSR count). The number of aliphatic hydroxyl groups excluding tert-OH is 2. The fraction of sp³-hybridized carbons (Fsp3) is 0.462. The third-order valence-corrected chi connectivity index (χ3v) is 3.05. The van der Waals surface area contributed by atoms with Crippen molar-refractivity contribution in [3.05, 3.63) is 34.3 Å². The minimum Gasteiger partial charge on any atom is -0.390 e. The van der Waals surface area contributed by atoms with Crippen LogP contribution in [-0.4, -0.2) is 28.8 Å². The van der Waals surface area contributed by atoms with Crippen LogP contribution < -0.4 is 5.32 Å². The van der Waals surface area contributed by atoms with Crippen LogP contribution in [0, 0.1) is 0 Å². The van der Waals surface area contributed by atoms with Crippen LogP contribution in [-0.2, 0) is 11.0 Å². The summed E-state index contributed by atoms with van der Waals surface area (Å²) < 4.78 is 38.7. The summed E-state index contributed by atoms with van der Waals surface area (Å²) in [5, 5.41) is 21.9.